The first kappa shape index (κ1) is 22.3. The molecule has 3 aliphatic heterocycles. The maximum Gasteiger partial charge on any atom is 0.471 e. The van der Waals surface area contributed by atoms with Crippen molar-refractivity contribution in [3.05, 3.63) is 23.8 Å². The summed E-state index contributed by atoms with van der Waals surface area (Å²) in [6.45, 7) is -0.509. The summed E-state index contributed by atoms with van der Waals surface area (Å²) < 4.78 is 92.4. The molecule has 1 atom stereocenters. The van der Waals surface area contributed by atoms with Crippen LogP contribution in [0.15, 0.2) is 23.1 Å². The van der Waals surface area contributed by atoms with Gasteiger partial charge in [-0.1, -0.05) is 6.07 Å². The number of alkyl halides is 5. The molecule has 3 heterocycles. The number of benzene rings is 1. The number of carbonyl (C=O) groups excluding carboxylic acids is 1. The van der Waals surface area contributed by atoms with Crippen LogP contribution in [0, 0.1) is 0 Å². The number of sulfonamides is 1. The number of amides is 1. The standard InChI is InChI=1S/C19H22F5N3O3S/c20-18(21)6-1-7-26(12-18)31(29,30)15-3-2-13-4-9-27(16(13)10-15)14-5-8-25(11-14)17(28)19(22,23)24/h2-3,10,14H,1,4-9,11-12H2. The van der Waals surface area contributed by atoms with E-state index in [1.807, 2.05) is 4.90 Å². The van der Waals surface area contributed by atoms with E-state index < -0.39 is 34.6 Å². The molecule has 4 rings (SSSR count). The summed E-state index contributed by atoms with van der Waals surface area (Å²) in [5.41, 5.74) is 1.40. The number of halogens is 5. The van der Waals surface area contributed by atoms with Crippen molar-refractivity contribution in [2.24, 2.45) is 0 Å². The van der Waals surface area contributed by atoms with Gasteiger partial charge in [-0.25, -0.2) is 17.2 Å². The SMILES string of the molecule is O=C(N1CCC(N2CCc3ccc(S(=O)(=O)N4CCCC(F)(F)C4)cc32)C1)C(F)(F)F. The van der Waals surface area contributed by atoms with Crippen molar-refractivity contribution >= 4 is 21.6 Å². The van der Waals surface area contributed by atoms with Crippen LogP contribution in [-0.4, -0.2) is 74.4 Å². The third-order valence-electron chi connectivity index (χ3n) is 6.12. The second kappa shape index (κ2) is 7.58. The van der Waals surface area contributed by atoms with E-state index in [4.69, 9.17) is 0 Å². The van der Waals surface area contributed by atoms with Gasteiger partial charge in [0.15, 0.2) is 0 Å². The zero-order valence-electron chi connectivity index (χ0n) is 16.5. The second-order valence-electron chi connectivity index (χ2n) is 8.22. The lowest BCUT2D eigenvalue weighted by Gasteiger charge is -2.32. The zero-order chi connectivity index (χ0) is 22.6. The van der Waals surface area contributed by atoms with E-state index >= 15 is 0 Å². The van der Waals surface area contributed by atoms with Gasteiger partial charge in [-0.05, 0) is 37.0 Å². The average molecular weight is 467 g/mol. The molecule has 0 bridgehead atoms. The van der Waals surface area contributed by atoms with Crippen LogP contribution in [0.25, 0.3) is 0 Å². The first-order chi connectivity index (χ1) is 14.4. The Morgan fingerprint density at radius 2 is 1.87 bits per heavy atom. The summed E-state index contributed by atoms with van der Waals surface area (Å²) in [6.07, 6.45) is -4.31. The highest BCUT2D eigenvalue weighted by Crippen LogP contribution is 2.37. The summed E-state index contributed by atoms with van der Waals surface area (Å²) >= 11 is 0. The number of nitrogens with zero attached hydrogens (tertiary/aromatic N) is 3. The predicted octanol–water partition coefficient (Wildman–Crippen LogP) is 2.63. The van der Waals surface area contributed by atoms with E-state index in [1.54, 1.807) is 6.07 Å². The van der Waals surface area contributed by atoms with Crippen molar-refractivity contribution in [2.75, 3.05) is 37.6 Å². The van der Waals surface area contributed by atoms with E-state index in [2.05, 4.69) is 0 Å². The van der Waals surface area contributed by atoms with Crippen molar-refractivity contribution in [1.29, 1.82) is 0 Å². The molecule has 2 saturated heterocycles. The zero-order valence-corrected chi connectivity index (χ0v) is 17.4. The lowest BCUT2D eigenvalue weighted by Crippen LogP contribution is -2.45. The van der Waals surface area contributed by atoms with Crippen molar-refractivity contribution in [1.82, 2.24) is 9.21 Å². The fraction of sp³-hybridized carbons (Fsp3) is 0.632. The number of carbonyl (C=O) groups is 1. The Hall–Kier alpha value is -1.95. The highest BCUT2D eigenvalue weighted by atomic mass is 32.2. The fourth-order valence-electron chi connectivity index (χ4n) is 4.57. The van der Waals surface area contributed by atoms with Gasteiger partial charge in [0, 0.05) is 44.3 Å². The highest BCUT2D eigenvalue weighted by molar-refractivity contribution is 7.89. The fourth-order valence-corrected chi connectivity index (χ4v) is 6.09. The molecule has 1 aromatic rings. The van der Waals surface area contributed by atoms with Gasteiger partial charge < -0.3 is 9.80 Å². The van der Waals surface area contributed by atoms with E-state index in [1.165, 1.54) is 12.1 Å². The van der Waals surface area contributed by atoms with Crippen LogP contribution in [-0.2, 0) is 21.2 Å². The Morgan fingerprint density at radius 1 is 1.13 bits per heavy atom. The Bertz CT molecular complexity index is 982. The van der Waals surface area contributed by atoms with Gasteiger partial charge in [-0.2, -0.15) is 17.5 Å². The summed E-state index contributed by atoms with van der Waals surface area (Å²) in [5, 5.41) is 0. The van der Waals surface area contributed by atoms with Crippen LogP contribution >= 0.6 is 0 Å². The van der Waals surface area contributed by atoms with Gasteiger partial charge in [0.05, 0.1) is 11.4 Å². The van der Waals surface area contributed by atoms with Crippen LogP contribution in [0.2, 0.25) is 0 Å². The number of rotatable bonds is 3. The molecular formula is C19H22F5N3O3S. The van der Waals surface area contributed by atoms with Gasteiger partial charge in [-0.15, -0.1) is 0 Å². The molecule has 6 nitrogen and oxygen atoms in total. The maximum atomic E-state index is 13.7. The third-order valence-corrected chi connectivity index (χ3v) is 7.96. The number of piperidine rings is 1. The first-order valence-electron chi connectivity index (χ1n) is 10.0. The molecule has 1 amide bonds. The minimum absolute atomic E-state index is 0.00978. The molecule has 0 aromatic heterocycles. The Labute approximate surface area is 176 Å². The molecule has 0 radical (unpaired) electrons. The largest absolute Gasteiger partial charge is 0.471 e. The van der Waals surface area contributed by atoms with Gasteiger partial charge in [0.1, 0.15) is 0 Å². The lowest BCUT2D eigenvalue weighted by molar-refractivity contribution is -0.184. The van der Waals surface area contributed by atoms with Gasteiger partial charge in [-0.3, -0.25) is 4.79 Å². The molecular weight excluding hydrogens is 445 g/mol. The molecule has 2 fully saturated rings. The third kappa shape index (κ3) is 4.23. The molecule has 0 saturated carbocycles. The minimum atomic E-state index is -4.93. The van der Waals surface area contributed by atoms with E-state index in [9.17, 15) is 35.2 Å². The molecule has 172 valence electrons. The van der Waals surface area contributed by atoms with Gasteiger partial charge in [0.2, 0.25) is 10.0 Å². The van der Waals surface area contributed by atoms with Gasteiger partial charge >= 0.3 is 12.1 Å². The molecule has 0 aliphatic carbocycles. The molecule has 1 unspecified atom stereocenters. The van der Waals surface area contributed by atoms with Crippen molar-refractivity contribution < 1.29 is 35.2 Å². The maximum absolute atomic E-state index is 13.7. The van der Waals surface area contributed by atoms with E-state index in [-0.39, 0.29) is 43.4 Å². The predicted molar refractivity (Wildman–Crippen MR) is 101 cm³/mol. The normalized spacial score (nSPS) is 24.5. The number of fused-ring (bicyclic) bond motifs is 1. The molecule has 1 aromatic carbocycles. The highest BCUT2D eigenvalue weighted by Gasteiger charge is 2.46. The first-order valence-corrected chi connectivity index (χ1v) is 11.5. The molecule has 12 heteroatoms. The smallest absolute Gasteiger partial charge is 0.366 e. The molecule has 31 heavy (non-hydrogen) atoms. The Balaban J connectivity index is 1.55. The average Bonchev–Trinajstić information content (AvgIpc) is 3.32. The number of hydrogen-bond acceptors (Lipinski definition) is 4. The lowest BCUT2D eigenvalue weighted by atomic mass is 10.1. The van der Waals surface area contributed by atoms with Crippen molar-refractivity contribution in [3.63, 3.8) is 0 Å². The van der Waals surface area contributed by atoms with Crippen molar-refractivity contribution in [3.8, 4) is 0 Å². The van der Waals surface area contributed by atoms with Gasteiger partial charge in [0.25, 0.3) is 5.92 Å². The summed E-state index contributed by atoms with van der Waals surface area (Å²) in [6, 6.07) is 4.06. The minimum Gasteiger partial charge on any atom is -0.366 e. The van der Waals surface area contributed by atoms with Crippen LogP contribution in [0.5, 0.6) is 0 Å². The topological polar surface area (TPSA) is 60.9 Å². The monoisotopic (exact) mass is 467 g/mol. The summed E-state index contributed by atoms with van der Waals surface area (Å²) in [4.78, 5) is 14.0. The summed E-state index contributed by atoms with van der Waals surface area (Å²) in [7, 11) is -4.13. The van der Waals surface area contributed by atoms with Crippen molar-refractivity contribution in [2.45, 2.75) is 48.7 Å². The van der Waals surface area contributed by atoms with Crippen LogP contribution in [0.4, 0.5) is 27.6 Å². The molecule has 3 aliphatic rings. The quantitative estimate of drug-likeness (QED) is 0.642. The number of hydrogen-bond donors (Lipinski definition) is 0. The van der Waals surface area contributed by atoms with Crippen LogP contribution in [0.3, 0.4) is 0 Å². The van der Waals surface area contributed by atoms with E-state index in [0.717, 1.165) is 14.8 Å². The number of anilines is 1. The number of likely N-dealkylation sites (tertiary alicyclic amines) is 1. The van der Waals surface area contributed by atoms with Crippen LogP contribution in [0.1, 0.15) is 24.8 Å². The molecule has 0 spiro atoms. The van der Waals surface area contributed by atoms with E-state index in [0.29, 0.717) is 25.1 Å². The summed E-state index contributed by atoms with van der Waals surface area (Å²) in [5.74, 6) is -4.95. The van der Waals surface area contributed by atoms with Crippen LogP contribution < -0.4 is 4.90 Å². The molecule has 0 N–H and O–H groups in total. The Morgan fingerprint density at radius 3 is 2.55 bits per heavy atom. The second-order valence-corrected chi connectivity index (χ2v) is 10.2. The Kier molecular flexibility index (Phi) is 5.44.